The maximum atomic E-state index is 12.5. The number of ketones is 1. The number of nitrogens with zero attached hydrogens (tertiary/aromatic N) is 1. The van der Waals surface area contributed by atoms with Gasteiger partial charge in [0.2, 0.25) is 5.91 Å². The molecule has 0 fully saturated rings. The molecule has 130 valence electrons. The predicted molar refractivity (Wildman–Crippen MR) is 81.9 cm³/mol. The highest BCUT2D eigenvalue weighted by Crippen LogP contribution is 2.30. The Labute approximate surface area is 138 Å². The maximum absolute atomic E-state index is 12.5. The zero-order valence-corrected chi connectivity index (χ0v) is 13.6. The van der Waals surface area contributed by atoms with Gasteiger partial charge in [-0.2, -0.15) is 18.4 Å². The van der Waals surface area contributed by atoms with E-state index in [0.717, 1.165) is 12.1 Å². The normalized spacial score (nSPS) is 13.9. The van der Waals surface area contributed by atoms with Crippen molar-refractivity contribution in [2.45, 2.75) is 45.3 Å². The molecule has 0 saturated heterocycles. The molecule has 2 atom stereocenters. The van der Waals surface area contributed by atoms with E-state index in [1.165, 1.54) is 12.1 Å². The molecule has 4 nitrogen and oxygen atoms in total. The van der Waals surface area contributed by atoms with Crippen molar-refractivity contribution in [2.24, 2.45) is 5.92 Å². The quantitative estimate of drug-likeness (QED) is 0.807. The number of alkyl halides is 3. The summed E-state index contributed by atoms with van der Waals surface area (Å²) in [6.45, 7) is 5.08. The van der Waals surface area contributed by atoms with Crippen LogP contribution in [0.1, 0.15) is 44.2 Å². The summed E-state index contributed by atoms with van der Waals surface area (Å²) in [4.78, 5) is 24.0. The number of hydrogen-bond acceptors (Lipinski definition) is 3. The molecule has 1 aromatic rings. The van der Waals surface area contributed by atoms with Gasteiger partial charge in [0.15, 0.2) is 11.7 Å². The van der Waals surface area contributed by atoms with Gasteiger partial charge in [-0.25, -0.2) is 0 Å². The number of Topliss-reactive ketones (excluding diaryl/α,β-unsaturated/α-hetero) is 1. The highest BCUT2D eigenvalue weighted by molar-refractivity contribution is 6.04. The molecule has 1 N–H and O–H groups in total. The van der Waals surface area contributed by atoms with Gasteiger partial charge in [-0.3, -0.25) is 9.59 Å². The molecule has 0 aromatic heterocycles. The number of benzene rings is 1. The molecule has 0 saturated carbocycles. The number of amides is 1. The van der Waals surface area contributed by atoms with Crippen molar-refractivity contribution in [3.63, 3.8) is 0 Å². The summed E-state index contributed by atoms with van der Waals surface area (Å²) in [6.07, 6.45) is -4.52. The summed E-state index contributed by atoms with van der Waals surface area (Å²) in [7, 11) is 0. The van der Waals surface area contributed by atoms with Crippen LogP contribution in [-0.4, -0.2) is 17.7 Å². The van der Waals surface area contributed by atoms with Gasteiger partial charge in [0.1, 0.15) is 0 Å². The predicted octanol–water partition coefficient (Wildman–Crippen LogP) is 3.43. The molecule has 0 radical (unpaired) electrons. The van der Waals surface area contributed by atoms with Crippen LogP contribution >= 0.6 is 0 Å². The summed E-state index contributed by atoms with van der Waals surface area (Å²) in [6, 6.07) is 5.98. The third kappa shape index (κ3) is 5.37. The lowest BCUT2D eigenvalue weighted by atomic mass is 9.90. The number of nitriles is 1. The molecule has 0 aliphatic rings. The van der Waals surface area contributed by atoms with Crippen LogP contribution < -0.4 is 5.32 Å². The fourth-order valence-electron chi connectivity index (χ4n) is 2.18. The van der Waals surface area contributed by atoms with Gasteiger partial charge in [0.25, 0.3) is 0 Å². The molecule has 0 heterocycles. The van der Waals surface area contributed by atoms with Crippen LogP contribution in [0.3, 0.4) is 0 Å². The molecule has 0 aliphatic heterocycles. The van der Waals surface area contributed by atoms with E-state index in [0.29, 0.717) is 5.56 Å². The topological polar surface area (TPSA) is 70.0 Å². The first-order chi connectivity index (χ1) is 11.1. The fourth-order valence-corrected chi connectivity index (χ4v) is 2.18. The lowest BCUT2D eigenvalue weighted by Crippen LogP contribution is -2.38. The zero-order chi connectivity index (χ0) is 18.5. The van der Waals surface area contributed by atoms with Gasteiger partial charge in [0, 0.05) is 12.5 Å². The average Bonchev–Trinajstić information content (AvgIpc) is 2.46. The minimum Gasteiger partial charge on any atom is -0.352 e. The smallest absolute Gasteiger partial charge is 0.352 e. The van der Waals surface area contributed by atoms with Crippen LogP contribution in [0.25, 0.3) is 0 Å². The second kappa shape index (κ2) is 7.95. The maximum Gasteiger partial charge on any atom is 0.416 e. The van der Waals surface area contributed by atoms with E-state index in [1.54, 1.807) is 26.8 Å². The summed E-state index contributed by atoms with van der Waals surface area (Å²) in [5.74, 6) is -3.02. The Morgan fingerprint density at radius 2 is 1.71 bits per heavy atom. The molecule has 1 aromatic carbocycles. The highest BCUT2D eigenvalue weighted by Gasteiger charge is 2.31. The van der Waals surface area contributed by atoms with Crippen molar-refractivity contribution in [1.29, 1.82) is 5.26 Å². The molecule has 7 heteroatoms. The van der Waals surface area contributed by atoms with Gasteiger partial charge in [0.05, 0.1) is 11.6 Å². The first kappa shape index (κ1) is 19.7. The average molecular weight is 340 g/mol. The third-order valence-corrected chi connectivity index (χ3v) is 3.46. The molecule has 1 amide bonds. The number of carbonyl (C=O) groups is 2. The van der Waals surface area contributed by atoms with Gasteiger partial charge in [-0.05, 0) is 37.5 Å². The Bertz CT molecular complexity index is 631. The van der Waals surface area contributed by atoms with E-state index >= 15 is 0 Å². The largest absolute Gasteiger partial charge is 0.416 e. The Balaban J connectivity index is 2.79. The van der Waals surface area contributed by atoms with Crippen LogP contribution in [0.2, 0.25) is 0 Å². The lowest BCUT2D eigenvalue weighted by Gasteiger charge is -2.16. The van der Waals surface area contributed by atoms with Crippen molar-refractivity contribution in [2.75, 3.05) is 0 Å². The minimum atomic E-state index is -4.42. The number of rotatable bonds is 6. The molecule has 0 aliphatic carbocycles. The Morgan fingerprint density at radius 3 is 2.12 bits per heavy atom. The fraction of sp³-hybridized carbons (Fsp3) is 0.471. The number of nitrogens with one attached hydrogen (secondary N) is 1. The molecular formula is C17H19F3N2O2. The van der Waals surface area contributed by atoms with Gasteiger partial charge < -0.3 is 5.32 Å². The molecule has 0 spiro atoms. The van der Waals surface area contributed by atoms with Gasteiger partial charge in [-0.1, -0.05) is 19.1 Å². The van der Waals surface area contributed by atoms with E-state index in [1.807, 2.05) is 0 Å². The van der Waals surface area contributed by atoms with E-state index in [-0.39, 0.29) is 12.5 Å². The standard InChI is InChI=1S/C17H19F3N2O2/c1-10(2)22-16(24)14(9-21)15(23)8-11(3)12-4-6-13(7-5-12)17(18,19)20/h4-7,10-11,14H,8H2,1-3H3,(H,22,24)/t11-,14+/m1/s1. The Hall–Kier alpha value is -2.36. The Kier molecular flexibility index (Phi) is 6.52. The van der Waals surface area contributed by atoms with Crippen molar-refractivity contribution < 1.29 is 22.8 Å². The van der Waals surface area contributed by atoms with Crippen molar-refractivity contribution in [1.82, 2.24) is 5.32 Å². The number of halogens is 3. The Morgan fingerprint density at radius 1 is 1.17 bits per heavy atom. The first-order valence-corrected chi connectivity index (χ1v) is 7.46. The molecule has 0 unspecified atom stereocenters. The summed E-state index contributed by atoms with van der Waals surface area (Å²) >= 11 is 0. The number of carbonyl (C=O) groups excluding carboxylic acids is 2. The van der Waals surface area contributed by atoms with Crippen LogP contribution in [0, 0.1) is 17.2 Å². The van der Waals surface area contributed by atoms with Crippen LogP contribution in [-0.2, 0) is 15.8 Å². The van der Waals surface area contributed by atoms with E-state index < -0.39 is 35.3 Å². The van der Waals surface area contributed by atoms with Crippen molar-refractivity contribution in [3.05, 3.63) is 35.4 Å². The minimum absolute atomic E-state index is 0.102. The van der Waals surface area contributed by atoms with Crippen molar-refractivity contribution in [3.8, 4) is 6.07 Å². The van der Waals surface area contributed by atoms with Gasteiger partial charge in [-0.15, -0.1) is 0 Å². The third-order valence-electron chi connectivity index (χ3n) is 3.46. The van der Waals surface area contributed by atoms with E-state index in [4.69, 9.17) is 5.26 Å². The van der Waals surface area contributed by atoms with Gasteiger partial charge >= 0.3 is 6.18 Å². The highest BCUT2D eigenvalue weighted by atomic mass is 19.4. The summed E-state index contributed by atoms with van der Waals surface area (Å²) in [5.41, 5.74) is -0.228. The van der Waals surface area contributed by atoms with Crippen LogP contribution in [0.5, 0.6) is 0 Å². The van der Waals surface area contributed by atoms with Crippen LogP contribution in [0.15, 0.2) is 24.3 Å². The second-order valence-electron chi connectivity index (χ2n) is 5.92. The summed E-state index contributed by atoms with van der Waals surface area (Å²) in [5, 5.41) is 11.5. The van der Waals surface area contributed by atoms with Crippen molar-refractivity contribution >= 4 is 11.7 Å². The molecule has 0 bridgehead atoms. The summed E-state index contributed by atoms with van der Waals surface area (Å²) < 4.78 is 37.6. The second-order valence-corrected chi connectivity index (χ2v) is 5.92. The molecule has 1 rings (SSSR count). The van der Waals surface area contributed by atoms with E-state index in [9.17, 15) is 22.8 Å². The van der Waals surface area contributed by atoms with Crippen LogP contribution in [0.4, 0.5) is 13.2 Å². The molecular weight excluding hydrogens is 321 g/mol. The lowest BCUT2D eigenvalue weighted by molar-refractivity contribution is -0.137. The number of hydrogen-bond donors (Lipinski definition) is 1. The zero-order valence-electron chi connectivity index (χ0n) is 13.6. The first-order valence-electron chi connectivity index (χ1n) is 7.46. The SMILES string of the molecule is CC(C)NC(=O)[C@@H](C#N)C(=O)C[C@@H](C)c1ccc(C(F)(F)F)cc1. The van der Waals surface area contributed by atoms with E-state index in [2.05, 4.69) is 5.32 Å². The monoisotopic (exact) mass is 340 g/mol. The molecule has 24 heavy (non-hydrogen) atoms.